The maximum atomic E-state index is 12.2. The van der Waals surface area contributed by atoms with E-state index in [4.69, 9.17) is 4.74 Å². The third-order valence-electron chi connectivity index (χ3n) is 5.41. The summed E-state index contributed by atoms with van der Waals surface area (Å²) in [4.78, 5) is 14.4. The van der Waals surface area contributed by atoms with Crippen molar-refractivity contribution in [2.24, 2.45) is 5.92 Å². The van der Waals surface area contributed by atoms with Gasteiger partial charge >= 0.3 is 0 Å². The third kappa shape index (κ3) is 4.98. The van der Waals surface area contributed by atoms with Gasteiger partial charge in [-0.2, -0.15) is 5.10 Å². The lowest BCUT2D eigenvalue weighted by Gasteiger charge is -2.28. The van der Waals surface area contributed by atoms with E-state index in [2.05, 4.69) is 25.7 Å². The Bertz CT molecular complexity index is 784. The predicted octanol–water partition coefficient (Wildman–Crippen LogP) is 3.58. The monoisotopic (exact) mass is 381 g/mol. The van der Waals surface area contributed by atoms with Gasteiger partial charge in [0.25, 0.3) is 0 Å². The molecule has 2 aliphatic rings. The number of morpholine rings is 1. The van der Waals surface area contributed by atoms with Crippen molar-refractivity contribution in [2.75, 3.05) is 41.8 Å². The van der Waals surface area contributed by atoms with E-state index in [9.17, 15) is 4.79 Å². The Morgan fingerprint density at radius 3 is 2.57 bits per heavy atom. The first kappa shape index (κ1) is 18.7. The molecule has 1 aliphatic heterocycles. The number of hydrogen-bond acceptors (Lipinski definition) is 6. The Balaban J connectivity index is 1.33. The maximum absolute atomic E-state index is 12.2. The largest absolute Gasteiger partial charge is 0.378 e. The van der Waals surface area contributed by atoms with Crippen molar-refractivity contribution in [3.05, 3.63) is 36.5 Å². The molecule has 1 saturated heterocycles. The van der Waals surface area contributed by atoms with Crippen LogP contribution in [0.3, 0.4) is 0 Å². The highest BCUT2D eigenvalue weighted by Gasteiger charge is 2.18. The number of rotatable bonds is 6. The van der Waals surface area contributed by atoms with E-state index in [1.54, 1.807) is 6.20 Å². The molecule has 1 amide bonds. The number of carbonyl (C=O) groups excluding carboxylic acids is 1. The van der Waals surface area contributed by atoms with Crippen molar-refractivity contribution in [3.8, 4) is 0 Å². The van der Waals surface area contributed by atoms with E-state index in [1.165, 1.54) is 25.7 Å². The first-order valence-electron chi connectivity index (χ1n) is 10.1. The van der Waals surface area contributed by atoms with Crippen molar-refractivity contribution in [3.63, 3.8) is 0 Å². The topological polar surface area (TPSA) is 79.4 Å². The average Bonchev–Trinajstić information content (AvgIpc) is 3.23. The van der Waals surface area contributed by atoms with Crippen LogP contribution in [0.4, 0.5) is 22.9 Å². The summed E-state index contributed by atoms with van der Waals surface area (Å²) < 4.78 is 5.40. The van der Waals surface area contributed by atoms with Crippen LogP contribution in [0.1, 0.15) is 32.1 Å². The molecule has 1 aromatic heterocycles. The van der Waals surface area contributed by atoms with Crippen LogP contribution in [0.15, 0.2) is 36.5 Å². The minimum absolute atomic E-state index is 0.108. The van der Waals surface area contributed by atoms with Crippen LogP contribution in [0, 0.1) is 5.92 Å². The van der Waals surface area contributed by atoms with Crippen molar-refractivity contribution in [1.82, 2.24) is 10.2 Å². The van der Waals surface area contributed by atoms with Gasteiger partial charge in [-0.25, -0.2) is 0 Å². The van der Waals surface area contributed by atoms with E-state index in [1.807, 2.05) is 30.3 Å². The standard InChI is InChI=1S/C21H27N5O2/c27-21(13-16-3-1-2-4-16)24-18-7-5-17(6-8-18)23-20-14-19(15-22-25-20)26-9-11-28-12-10-26/h5-8,14-16H,1-4,9-13H2,(H,23,25)(H,24,27). The molecule has 2 aromatic rings. The Labute approximate surface area is 165 Å². The number of nitrogens with one attached hydrogen (secondary N) is 2. The molecule has 7 heteroatoms. The first-order chi connectivity index (χ1) is 13.8. The first-order valence-corrected chi connectivity index (χ1v) is 10.1. The molecule has 1 saturated carbocycles. The zero-order valence-electron chi connectivity index (χ0n) is 16.1. The second kappa shape index (κ2) is 9.01. The number of benzene rings is 1. The molecule has 0 atom stereocenters. The molecule has 1 aliphatic carbocycles. The summed E-state index contributed by atoms with van der Waals surface area (Å²) in [5, 5.41) is 14.6. The number of ether oxygens (including phenoxy) is 1. The Hall–Kier alpha value is -2.67. The highest BCUT2D eigenvalue weighted by atomic mass is 16.5. The number of nitrogens with zero attached hydrogens (tertiary/aromatic N) is 3. The van der Waals surface area contributed by atoms with Gasteiger partial charge in [-0.3, -0.25) is 4.79 Å². The quantitative estimate of drug-likeness (QED) is 0.796. The van der Waals surface area contributed by atoms with Crippen LogP contribution < -0.4 is 15.5 Å². The number of amides is 1. The summed E-state index contributed by atoms with van der Waals surface area (Å²) in [6.07, 6.45) is 7.28. The molecule has 2 N–H and O–H groups in total. The Morgan fingerprint density at radius 1 is 1.11 bits per heavy atom. The lowest BCUT2D eigenvalue weighted by atomic mass is 10.0. The summed E-state index contributed by atoms with van der Waals surface area (Å²) in [6, 6.07) is 9.69. The van der Waals surface area contributed by atoms with E-state index < -0.39 is 0 Å². The van der Waals surface area contributed by atoms with E-state index >= 15 is 0 Å². The van der Waals surface area contributed by atoms with Crippen molar-refractivity contribution < 1.29 is 9.53 Å². The maximum Gasteiger partial charge on any atom is 0.224 e. The van der Waals surface area contributed by atoms with Crippen molar-refractivity contribution in [2.45, 2.75) is 32.1 Å². The van der Waals surface area contributed by atoms with Gasteiger partial charge in [-0.15, -0.1) is 5.10 Å². The molecule has 0 unspecified atom stereocenters. The van der Waals surface area contributed by atoms with Gasteiger partial charge in [-0.05, 0) is 43.0 Å². The van der Waals surface area contributed by atoms with Crippen molar-refractivity contribution in [1.29, 1.82) is 0 Å². The molecule has 28 heavy (non-hydrogen) atoms. The van der Waals surface area contributed by atoms with Gasteiger partial charge in [-0.1, -0.05) is 12.8 Å². The molecule has 148 valence electrons. The number of aromatic nitrogens is 2. The Morgan fingerprint density at radius 2 is 1.82 bits per heavy atom. The van der Waals surface area contributed by atoms with Crippen molar-refractivity contribution >= 4 is 28.8 Å². The number of anilines is 4. The smallest absolute Gasteiger partial charge is 0.224 e. The summed E-state index contributed by atoms with van der Waals surface area (Å²) in [7, 11) is 0. The zero-order chi connectivity index (χ0) is 19.2. The fourth-order valence-corrected chi connectivity index (χ4v) is 3.89. The lowest BCUT2D eigenvalue weighted by molar-refractivity contribution is -0.117. The zero-order valence-corrected chi connectivity index (χ0v) is 16.1. The average molecular weight is 381 g/mol. The third-order valence-corrected chi connectivity index (χ3v) is 5.41. The van der Waals surface area contributed by atoms with Crippen LogP contribution in [-0.4, -0.2) is 42.4 Å². The molecule has 0 spiro atoms. The molecular weight excluding hydrogens is 354 g/mol. The Kier molecular flexibility index (Phi) is 6.01. The van der Waals surface area contributed by atoms with Crippen LogP contribution in [-0.2, 0) is 9.53 Å². The van der Waals surface area contributed by atoms with Gasteiger partial charge in [0.2, 0.25) is 5.91 Å². The highest BCUT2D eigenvalue weighted by molar-refractivity contribution is 5.91. The number of carbonyl (C=O) groups is 1. The fourth-order valence-electron chi connectivity index (χ4n) is 3.89. The molecule has 7 nitrogen and oxygen atoms in total. The van der Waals surface area contributed by atoms with Gasteiger partial charge in [0.15, 0.2) is 5.82 Å². The minimum Gasteiger partial charge on any atom is -0.378 e. The predicted molar refractivity (Wildman–Crippen MR) is 110 cm³/mol. The summed E-state index contributed by atoms with van der Waals surface area (Å²) in [5.74, 6) is 1.36. The van der Waals surface area contributed by atoms with Crippen LogP contribution >= 0.6 is 0 Å². The summed E-state index contributed by atoms with van der Waals surface area (Å²) >= 11 is 0. The molecular formula is C21H27N5O2. The van der Waals surface area contributed by atoms with Gasteiger partial charge in [0.1, 0.15) is 0 Å². The lowest BCUT2D eigenvalue weighted by Crippen LogP contribution is -2.36. The SMILES string of the molecule is O=C(CC1CCCC1)Nc1ccc(Nc2cc(N3CCOCC3)cnn2)cc1. The van der Waals surface area contributed by atoms with Crippen LogP contribution in [0.2, 0.25) is 0 Å². The van der Waals surface area contributed by atoms with Gasteiger partial charge in [0.05, 0.1) is 25.1 Å². The van der Waals surface area contributed by atoms with Crippen LogP contribution in [0.5, 0.6) is 0 Å². The fraction of sp³-hybridized carbons (Fsp3) is 0.476. The second-order valence-corrected chi connectivity index (χ2v) is 7.50. The molecule has 0 bridgehead atoms. The molecule has 2 fully saturated rings. The summed E-state index contributed by atoms with van der Waals surface area (Å²) in [5.41, 5.74) is 2.76. The van der Waals surface area contributed by atoms with Crippen LogP contribution in [0.25, 0.3) is 0 Å². The highest BCUT2D eigenvalue weighted by Crippen LogP contribution is 2.28. The normalized spacial score (nSPS) is 17.5. The molecule has 2 heterocycles. The molecule has 1 aromatic carbocycles. The second-order valence-electron chi connectivity index (χ2n) is 7.50. The minimum atomic E-state index is 0.108. The van der Waals surface area contributed by atoms with Gasteiger partial charge in [0, 0.05) is 37.0 Å². The van der Waals surface area contributed by atoms with E-state index in [0.717, 1.165) is 43.4 Å². The van der Waals surface area contributed by atoms with Gasteiger partial charge < -0.3 is 20.3 Å². The van der Waals surface area contributed by atoms with E-state index in [0.29, 0.717) is 18.2 Å². The molecule has 4 rings (SSSR count). The van der Waals surface area contributed by atoms with E-state index in [-0.39, 0.29) is 5.91 Å². The summed E-state index contributed by atoms with van der Waals surface area (Å²) in [6.45, 7) is 3.19. The number of hydrogen-bond donors (Lipinski definition) is 2. The molecule has 0 radical (unpaired) electrons.